The Labute approximate surface area is 93.8 Å². The monoisotopic (exact) mass is 224 g/mol. The highest BCUT2D eigenvalue weighted by atomic mass is 35.5. The molecule has 0 radical (unpaired) electrons. The Kier molecular flexibility index (Phi) is 4.98. The highest BCUT2D eigenvalue weighted by molar-refractivity contribution is 6.55. The zero-order chi connectivity index (χ0) is 10.4. The van der Waals surface area contributed by atoms with Crippen molar-refractivity contribution in [3.63, 3.8) is 0 Å². The Hall–Kier alpha value is -0.533. The second kappa shape index (κ2) is 6.05. The molecule has 0 aliphatic rings. The molecule has 1 aromatic rings. The molecule has 0 aliphatic carbocycles. The van der Waals surface area contributed by atoms with Crippen LogP contribution in [0.15, 0.2) is 24.8 Å². The summed E-state index contributed by atoms with van der Waals surface area (Å²) in [7, 11) is -0.139. The van der Waals surface area contributed by atoms with Gasteiger partial charge < -0.3 is 0 Å². The lowest BCUT2D eigenvalue weighted by molar-refractivity contribution is 0.881. The molecule has 0 saturated carbocycles. The Morgan fingerprint density at radius 1 is 1.50 bits per heavy atom. The van der Waals surface area contributed by atoms with Crippen LogP contribution in [0.1, 0.15) is 25.3 Å². The van der Waals surface area contributed by atoms with Crippen LogP contribution in [-0.2, 0) is 0 Å². The van der Waals surface area contributed by atoms with E-state index in [9.17, 15) is 0 Å². The molecule has 0 nitrogen and oxygen atoms in total. The van der Waals surface area contributed by atoms with Gasteiger partial charge in [0, 0.05) is 5.02 Å². The summed E-state index contributed by atoms with van der Waals surface area (Å²) in [5.74, 6) is 0. The van der Waals surface area contributed by atoms with E-state index in [2.05, 4.69) is 19.6 Å². The maximum absolute atomic E-state index is 6.09. The number of hydrogen-bond donors (Lipinski definition) is 0. The average Bonchev–Trinajstić information content (AvgIpc) is 2.18. The molecule has 14 heavy (non-hydrogen) atoms. The third kappa shape index (κ3) is 3.00. The summed E-state index contributed by atoms with van der Waals surface area (Å²) in [6, 6.07) is 7.56. The van der Waals surface area contributed by atoms with Gasteiger partial charge in [-0.1, -0.05) is 67.4 Å². The fourth-order valence-electron chi connectivity index (χ4n) is 1.59. The van der Waals surface area contributed by atoms with Gasteiger partial charge in [0.2, 0.25) is 0 Å². The number of rotatable bonds is 5. The van der Waals surface area contributed by atoms with Crippen molar-refractivity contribution in [3.8, 4) is 0 Å². The first-order valence-electron chi connectivity index (χ1n) is 5.19. The van der Waals surface area contributed by atoms with Gasteiger partial charge in [0.05, 0.1) is 9.52 Å². The van der Waals surface area contributed by atoms with E-state index in [1.165, 1.54) is 24.1 Å². The minimum atomic E-state index is -0.139. The lowest BCUT2D eigenvalue weighted by Crippen LogP contribution is -2.17. The van der Waals surface area contributed by atoms with Crippen molar-refractivity contribution in [1.82, 2.24) is 0 Å². The van der Waals surface area contributed by atoms with Crippen LogP contribution in [0.5, 0.6) is 0 Å². The first kappa shape index (κ1) is 11.5. The lowest BCUT2D eigenvalue weighted by atomic mass is 10.2. The smallest absolute Gasteiger partial charge is 0.0556 e. The van der Waals surface area contributed by atoms with Gasteiger partial charge in [0.15, 0.2) is 0 Å². The fraction of sp³-hybridized carbons (Fsp3) is 0.333. The molecule has 0 amide bonds. The molecule has 0 spiro atoms. The lowest BCUT2D eigenvalue weighted by Gasteiger charge is -2.06. The van der Waals surface area contributed by atoms with Crippen molar-refractivity contribution >= 4 is 32.4 Å². The fourth-order valence-corrected chi connectivity index (χ4v) is 4.01. The maximum atomic E-state index is 6.09. The van der Waals surface area contributed by atoms with Gasteiger partial charge in [-0.25, -0.2) is 0 Å². The van der Waals surface area contributed by atoms with Crippen LogP contribution in [0.3, 0.4) is 0 Å². The van der Waals surface area contributed by atoms with E-state index in [-0.39, 0.29) is 9.52 Å². The summed E-state index contributed by atoms with van der Waals surface area (Å²) in [6.45, 7) is 6.06. The Morgan fingerprint density at radius 2 is 2.29 bits per heavy atom. The normalized spacial score (nSPS) is 11.0. The predicted molar refractivity (Wildman–Crippen MR) is 69.4 cm³/mol. The minimum Gasteiger partial charge on any atom is -0.0984 e. The van der Waals surface area contributed by atoms with Crippen molar-refractivity contribution in [2.45, 2.75) is 25.8 Å². The van der Waals surface area contributed by atoms with Crippen LogP contribution in [0.25, 0.3) is 6.08 Å². The quantitative estimate of drug-likeness (QED) is 0.533. The van der Waals surface area contributed by atoms with Crippen LogP contribution < -0.4 is 5.19 Å². The molecule has 0 bridgehead atoms. The van der Waals surface area contributed by atoms with E-state index in [4.69, 9.17) is 11.6 Å². The van der Waals surface area contributed by atoms with Crippen LogP contribution >= 0.6 is 11.6 Å². The second-order valence-electron chi connectivity index (χ2n) is 3.47. The predicted octanol–water partition coefficient (Wildman–Crippen LogP) is 3.00. The van der Waals surface area contributed by atoms with Crippen molar-refractivity contribution in [2.75, 3.05) is 0 Å². The topological polar surface area (TPSA) is 0 Å². The van der Waals surface area contributed by atoms with Crippen molar-refractivity contribution in [3.05, 3.63) is 35.4 Å². The molecule has 0 fully saturated rings. The first-order valence-corrected chi connectivity index (χ1v) is 7.28. The molecule has 0 saturated heterocycles. The molecule has 0 unspecified atom stereocenters. The second-order valence-corrected chi connectivity index (χ2v) is 5.85. The first-order chi connectivity index (χ1) is 6.79. The van der Waals surface area contributed by atoms with Gasteiger partial charge >= 0.3 is 0 Å². The summed E-state index contributed by atoms with van der Waals surface area (Å²) < 4.78 is 0. The summed E-state index contributed by atoms with van der Waals surface area (Å²) in [4.78, 5) is 0. The third-order valence-electron chi connectivity index (χ3n) is 2.40. The van der Waals surface area contributed by atoms with E-state index < -0.39 is 0 Å². The minimum absolute atomic E-state index is 0.139. The molecule has 0 atom stereocenters. The van der Waals surface area contributed by atoms with Gasteiger partial charge in [0.1, 0.15) is 0 Å². The molecule has 2 heteroatoms. The number of unbranched alkanes of at least 4 members (excludes halogenated alkanes) is 1. The number of hydrogen-bond acceptors (Lipinski definition) is 0. The maximum Gasteiger partial charge on any atom is 0.0556 e. The summed E-state index contributed by atoms with van der Waals surface area (Å²) in [5, 5.41) is 2.31. The largest absolute Gasteiger partial charge is 0.0984 e. The van der Waals surface area contributed by atoms with E-state index in [1.54, 1.807) is 0 Å². The van der Waals surface area contributed by atoms with Crippen LogP contribution in [0.2, 0.25) is 11.1 Å². The van der Waals surface area contributed by atoms with Crippen LogP contribution in [0.4, 0.5) is 0 Å². The van der Waals surface area contributed by atoms with Crippen LogP contribution in [0, 0.1) is 0 Å². The SMILES string of the molecule is C=Cc1c(Cl)cccc1[SiH2]CCCC. The molecular formula is C12H17ClSi. The van der Waals surface area contributed by atoms with E-state index >= 15 is 0 Å². The zero-order valence-electron chi connectivity index (χ0n) is 8.72. The summed E-state index contributed by atoms with van der Waals surface area (Å²) in [5.41, 5.74) is 1.16. The third-order valence-corrected chi connectivity index (χ3v) is 4.74. The highest BCUT2D eigenvalue weighted by Crippen LogP contribution is 2.14. The Bertz CT molecular complexity index is 307. The molecule has 1 aromatic carbocycles. The molecule has 0 N–H and O–H groups in total. The Morgan fingerprint density at radius 3 is 2.93 bits per heavy atom. The molecular weight excluding hydrogens is 208 g/mol. The summed E-state index contributed by atoms with van der Waals surface area (Å²) >= 11 is 6.09. The van der Waals surface area contributed by atoms with Gasteiger partial charge in [-0.3, -0.25) is 0 Å². The molecule has 0 aliphatic heterocycles. The van der Waals surface area contributed by atoms with E-state index in [0.29, 0.717) is 0 Å². The van der Waals surface area contributed by atoms with E-state index in [1.807, 2.05) is 18.2 Å². The van der Waals surface area contributed by atoms with Gasteiger partial charge in [-0.15, -0.1) is 0 Å². The highest BCUT2D eigenvalue weighted by Gasteiger charge is 2.02. The molecule has 76 valence electrons. The van der Waals surface area contributed by atoms with Gasteiger partial charge in [-0.05, 0) is 11.6 Å². The number of benzene rings is 1. The molecule has 0 heterocycles. The van der Waals surface area contributed by atoms with Crippen molar-refractivity contribution in [2.24, 2.45) is 0 Å². The zero-order valence-corrected chi connectivity index (χ0v) is 10.9. The van der Waals surface area contributed by atoms with Crippen molar-refractivity contribution < 1.29 is 0 Å². The molecule has 0 aromatic heterocycles. The molecule has 1 rings (SSSR count). The average molecular weight is 225 g/mol. The van der Waals surface area contributed by atoms with Crippen LogP contribution in [-0.4, -0.2) is 9.52 Å². The Balaban J connectivity index is 2.75. The van der Waals surface area contributed by atoms with E-state index in [0.717, 1.165) is 10.6 Å². The standard InChI is InChI=1S/C12H17ClSi/c1-3-5-9-14-12-8-6-7-11(13)10(12)4-2/h4,6-8H,2-3,5,9,14H2,1H3. The van der Waals surface area contributed by atoms with Gasteiger partial charge in [-0.2, -0.15) is 0 Å². The number of halogens is 1. The van der Waals surface area contributed by atoms with Crippen molar-refractivity contribution in [1.29, 1.82) is 0 Å². The van der Waals surface area contributed by atoms with Gasteiger partial charge in [0.25, 0.3) is 0 Å². The summed E-state index contributed by atoms with van der Waals surface area (Å²) in [6.07, 6.45) is 4.52.